The first-order valence-electron chi connectivity index (χ1n) is 11.8. The topological polar surface area (TPSA) is 77.0 Å². The number of halogens is 3. The Hall–Kier alpha value is -2.22. The maximum absolute atomic E-state index is 13.2. The molecule has 0 bridgehead atoms. The van der Waals surface area contributed by atoms with Crippen molar-refractivity contribution in [3.63, 3.8) is 0 Å². The minimum atomic E-state index is -0.293. The quantitative estimate of drug-likeness (QED) is 0.249. The van der Waals surface area contributed by atoms with Gasteiger partial charge in [0, 0.05) is 49.1 Å². The third-order valence-corrected chi connectivity index (χ3v) is 6.89. The number of benzene rings is 1. The summed E-state index contributed by atoms with van der Waals surface area (Å²) in [5.41, 5.74) is 2.88. The molecule has 0 atom stereocenters. The highest BCUT2D eigenvalue weighted by atomic mass is 35.5. The maximum Gasteiger partial charge on any atom is 0.123 e. The van der Waals surface area contributed by atoms with E-state index in [1.807, 2.05) is 0 Å². The summed E-state index contributed by atoms with van der Waals surface area (Å²) in [5, 5.41) is 17.2. The van der Waals surface area contributed by atoms with Crippen LogP contribution in [0.25, 0.3) is 11.3 Å². The Morgan fingerprint density at radius 2 is 1.89 bits per heavy atom. The summed E-state index contributed by atoms with van der Waals surface area (Å²) in [4.78, 5) is 0. The smallest absolute Gasteiger partial charge is 0.123 e. The van der Waals surface area contributed by atoms with Crippen molar-refractivity contribution in [2.24, 2.45) is 0 Å². The highest BCUT2D eigenvalue weighted by molar-refractivity contribution is 7.95. The lowest BCUT2D eigenvalue weighted by molar-refractivity contribution is 0.0768. The molecule has 0 radical (unpaired) electrons. The van der Waals surface area contributed by atoms with E-state index in [1.54, 1.807) is 24.3 Å². The van der Waals surface area contributed by atoms with Gasteiger partial charge in [-0.3, -0.25) is 5.10 Å². The van der Waals surface area contributed by atoms with E-state index in [0.29, 0.717) is 23.2 Å². The molecule has 1 aromatic carbocycles. The van der Waals surface area contributed by atoms with E-state index in [-0.39, 0.29) is 11.6 Å². The van der Waals surface area contributed by atoms with Gasteiger partial charge in [0.15, 0.2) is 0 Å². The van der Waals surface area contributed by atoms with Crippen LogP contribution in [-0.4, -0.2) is 53.2 Å². The molecule has 0 spiro atoms. The fraction of sp³-hybridized carbons (Fsp3) is 0.462. The molecule has 1 aliphatic heterocycles. The molecule has 1 aromatic heterocycles. The van der Waals surface area contributed by atoms with Gasteiger partial charge in [-0.05, 0) is 62.9 Å². The van der Waals surface area contributed by atoms with Crippen LogP contribution in [0.5, 0.6) is 0 Å². The number of aromatic amines is 1. The third-order valence-electron chi connectivity index (χ3n) is 5.83. The van der Waals surface area contributed by atoms with Crippen molar-refractivity contribution >= 4 is 23.7 Å². The minimum Gasteiger partial charge on any atom is -0.379 e. The number of allylic oxidation sites excluding steroid dienone is 3. The SMILES string of the molecule is C=C/C=C(\C)F.CCl.N#Cc1c(-c2ccc(F)cc2)n[nH]c1C1CCC(NSN2CCOCC2)CC1. The molecule has 2 fully saturated rings. The molecule has 2 aromatic rings. The van der Waals surface area contributed by atoms with E-state index in [1.165, 1.54) is 37.6 Å². The molecule has 1 aliphatic carbocycles. The highest BCUT2D eigenvalue weighted by Crippen LogP contribution is 2.36. The molecular weight excluding hydrogens is 504 g/mol. The summed E-state index contributed by atoms with van der Waals surface area (Å²) in [6, 6.07) is 8.92. The lowest BCUT2D eigenvalue weighted by Gasteiger charge is -2.31. The van der Waals surface area contributed by atoms with Crippen LogP contribution in [0.3, 0.4) is 0 Å². The van der Waals surface area contributed by atoms with Gasteiger partial charge in [0.1, 0.15) is 23.1 Å². The first kappa shape index (κ1) is 30.0. The number of hydrogen-bond acceptors (Lipinski definition) is 6. The number of hydrogen-bond donors (Lipinski definition) is 2. The number of nitrogens with one attached hydrogen (secondary N) is 2. The van der Waals surface area contributed by atoms with E-state index < -0.39 is 0 Å². The molecule has 4 rings (SSSR count). The molecule has 2 heterocycles. The molecule has 1 saturated heterocycles. The summed E-state index contributed by atoms with van der Waals surface area (Å²) in [5.74, 6) is -0.188. The Kier molecular flexibility index (Phi) is 13.8. The molecule has 2 N–H and O–H groups in total. The van der Waals surface area contributed by atoms with Gasteiger partial charge in [0.2, 0.25) is 0 Å². The number of morpholine rings is 1. The van der Waals surface area contributed by atoms with Crippen LogP contribution >= 0.6 is 23.7 Å². The molecule has 0 unspecified atom stereocenters. The first-order chi connectivity index (χ1) is 17.5. The van der Waals surface area contributed by atoms with E-state index >= 15 is 0 Å². The molecule has 196 valence electrons. The number of alkyl halides is 1. The molecule has 0 amide bonds. The minimum absolute atomic E-state index is 0.204. The second-order valence-electron chi connectivity index (χ2n) is 8.27. The number of nitrogens with zero attached hydrogens (tertiary/aromatic N) is 3. The number of rotatable bonds is 6. The Bertz CT molecular complexity index is 991. The predicted octanol–water partition coefficient (Wildman–Crippen LogP) is 6.50. The Morgan fingerprint density at radius 1 is 1.25 bits per heavy atom. The van der Waals surface area contributed by atoms with Gasteiger partial charge in [-0.1, -0.05) is 12.7 Å². The van der Waals surface area contributed by atoms with Crippen LogP contribution in [0.2, 0.25) is 0 Å². The molecule has 6 nitrogen and oxygen atoms in total. The average molecular weight is 538 g/mol. The lowest BCUT2D eigenvalue weighted by atomic mass is 9.83. The van der Waals surface area contributed by atoms with Gasteiger partial charge in [0.05, 0.1) is 24.7 Å². The van der Waals surface area contributed by atoms with Crippen molar-refractivity contribution in [1.82, 2.24) is 19.2 Å². The van der Waals surface area contributed by atoms with Crippen LogP contribution in [0.4, 0.5) is 8.78 Å². The van der Waals surface area contributed by atoms with Crippen LogP contribution in [0, 0.1) is 17.1 Å². The van der Waals surface area contributed by atoms with Gasteiger partial charge in [-0.2, -0.15) is 10.4 Å². The van der Waals surface area contributed by atoms with Crippen molar-refractivity contribution in [1.29, 1.82) is 5.26 Å². The first-order valence-corrected chi connectivity index (χ1v) is 13.4. The molecule has 2 aliphatic rings. The van der Waals surface area contributed by atoms with E-state index in [0.717, 1.165) is 63.2 Å². The van der Waals surface area contributed by atoms with Gasteiger partial charge < -0.3 is 4.74 Å². The van der Waals surface area contributed by atoms with Crippen LogP contribution in [0.1, 0.15) is 49.8 Å². The number of nitriles is 1. The molecule has 1 saturated carbocycles. The number of H-pyrrole nitrogens is 1. The summed E-state index contributed by atoms with van der Waals surface area (Å²) in [6.07, 6.45) is 8.35. The van der Waals surface area contributed by atoms with Gasteiger partial charge in [-0.15, -0.1) is 11.6 Å². The third kappa shape index (κ3) is 9.34. The fourth-order valence-corrected chi connectivity index (χ4v) is 4.90. The largest absolute Gasteiger partial charge is 0.379 e. The van der Waals surface area contributed by atoms with Crippen molar-refractivity contribution < 1.29 is 13.5 Å². The zero-order valence-electron chi connectivity index (χ0n) is 20.8. The normalized spacial score (nSPS) is 20.3. The predicted molar refractivity (Wildman–Crippen MR) is 144 cm³/mol. The summed E-state index contributed by atoms with van der Waals surface area (Å²) >= 11 is 6.35. The van der Waals surface area contributed by atoms with E-state index in [9.17, 15) is 14.0 Å². The van der Waals surface area contributed by atoms with Crippen molar-refractivity contribution in [2.45, 2.75) is 44.6 Å². The average Bonchev–Trinajstić information content (AvgIpc) is 3.34. The monoisotopic (exact) mass is 537 g/mol. The summed E-state index contributed by atoms with van der Waals surface area (Å²) < 4.78 is 36.0. The molecular formula is C26H34ClF2N5OS. The van der Waals surface area contributed by atoms with Crippen LogP contribution in [0.15, 0.2) is 48.8 Å². The van der Waals surface area contributed by atoms with Crippen molar-refractivity contribution in [3.8, 4) is 17.3 Å². The van der Waals surface area contributed by atoms with Gasteiger partial charge >= 0.3 is 0 Å². The lowest BCUT2D eigenvalue weighted by Crippen LogP contribution is -2.37. The Balaban J connectivity index is 0.000000502. The van der Waals surface area contributed by atoms with E-state index in [2.05, 4.69) is 43.5 Å². The zero-order valence-corrected chi connectivity index (χ0v) is 22.3. The Labute approximate surface area is 222 Å². The number of ether oxygens (including phenoxy) is 1. The maximum atomic E-state index is 13.2. The van der Waals surface area contributed by atoms with Crippen LogP contribution in [-0.2, 0) is 4.74 Å². The fourth-order valence-electron chi connectivity index (χ4n) is 4.03. The second kappa shape index (κ2) is 16.5. The van der Waals surface area contributed by atoms with Gasteiger partial charge in [-0.25, -0.2) is 17.8 Å². The summed E-state index contributed by atoms with van der Waals surface area (Å²) in [7, 11) is 0. The molecule has 36 heavy (non-hydrogen) atoms. The van der Waals surface area contributed by atoms with Crippen molar-refractivity contribution in [3.05, 3.63) is 65.9 Å². The van der Waals surface area contributed by atoms with E-state index in [4.69, 9.17) is 4.74 Å². The zero-order chi connectivity index (χ0) is 26.3. The van der Waals surface area contributed by atoms with Crippen LogP contribution < -0.4 is 4.72 Å². The number of aromatic nitrogens is 2. The van der Waals surface area contributed by atoms with Gasteiger partial charge in [0.25, 0.3) is 0 Å². The molecule has 10 heteroatoms. The second-order valence-corrected chi connectivity index (χ2v) is 9.20. The standard InChI is InChI=1S/C20H24FN5OS.C5H7F.CH3Cl/c21-16-5-1-14(2-6-16)19-18(13-22)20(24-23-19)15-3-7-17(8-4-15)25-28-26-9-11-27-12-10-26;1-3-4-5(2)6;1-2/h1-2,5-6,15,17,25H,3-4,7-12H2,(H,23,24);3-4H,1H2,2H3;1H3/b;5-4+;. The summed E-state index contributed by atoms with van der Waals surface area (Å²) in [6.45, 7) is 8.18. The Morgan fingerprint density at radius 3 is 2.42 bits per heavy atom. The highest BCUT2D eigenvalue weighted by Gasteiger charge is 2.28. The van der Waals surface area contributed by atoms with Crippen molar-refractivity contribution in [2.75, 3.05) is 32.7 Å².